The summed E-state index contributed by atoms with van der Waals surface area (Å²) in [6.45, 7) is 2.97. The lowest BCUT2D eigenvalue weighted by Crippen LogP contribution is -2.29. The molecule has 0 atom stereocenters. The number of esters is 1. The molecule has 1 heterocycles. The number of benzene rings is 2. The first-order chi connectivity index (χ1) is 17.9. The molecule has 7 nitrogen and oxygen atoms in total. The van der Waals surface area contributed by atoms with E-state index in [1.807, 2.05) is 37.3 Å². The van der Waals surface area contributed by atoms with Crippen LogP contribution >= 0.6 is 24.0 Å². The molecule has 2 amide bonds. The molecule has 1 fully saturated rings. The molecule has 196 valence electrons. The normalized spacial score (nSPS) is 14.2. The van der Waals surface area contributed by atoms with Gasteiger partial charge in [-0.15, -0.1) is 0 Å². The molecule has 0 aliphatic carbocycles. The smallest absolute Gasteiger partial charge is 0.338 e. The van der Waals surface area contributed by atoms with Crippen LogP contribution in [0.15, 0.2) is 53.4 Å². The summed E-state index contributed by atoms with van der Waals surface area (Å²) in [5.41, 5.74) is 2.01. The molecule has 1 aliphatic rings. The van der Waals surface area contributed by atoms with E-state index < -0.39 is 0 Å². The highest BCUT2D eigenvalue weighted by atomic mass is 32.2. The SMILES string of the molecule is CCCCOC(=O)c1ccc(NC(=O)CCCCCN2C(=O)C(=Cc3ccc(OC)cc3)SC2=S)cc1. The van der Waals surface area contributed by atoms with Crippen LogP contribution in [0, 0.1) is 0 Å². The summed E-state index contributed by atoms with van der Waals surface area (Å²) in [6.07, 6.45) is 6.26. The highest BCUT2D eigenvalue weighted by Gasteiger charge is 2.31. The van der Waals surface area contributed by atoms with Crippen LogP contribution in [0.25, 0.3) is 6.08 Å². The maximum absolute atomic E-state index is 12.8. The van der Waals surface area contributed by atoms with Crippen molar-refractivity contribution in [3.63, 3.8) is 0 Å². The zero-order valence-electron chi connectivity index (χ0n) is 21.2. The Morgan fingerprint density at radius 2 is 1.76 bits per heavy atom. The van der Waals surface area contributed by atoms with Crippen LogP contribution in [0.3, 0.4) is 0 Å². The van der Waals surface area contributed by atoms with Crippen LogP contribution in [0.5, 0.6) is 5.75 Å². The molecular weight excluding hydrogens is 508 g/mol. The van der Waals surface area contributed by atoms with Crippen LogP contribution in [-0.4, -0.2) is 47.3 Å². The van der Waals surface area contributed by atoms with Gasteiger partial charge in [-0.3, -0.25) is 14.5 Å². The third-order valence-corrected chi connectivity index (χ3v) is 7.09. The summed E-state index contributed by atoms with van der Waals surface area (Å²) in [6, 6.07) is 14.2. The number of carbonyl (C=O) groups is 3. The van der Waals surface area contributed by atoms with Crippen molar-refractivity contribution in [2.24, 2.45) is 0 Å². The van der Waals surface area contributed by atoms with Crippen molar-refractivity contribution in [3.05, 3.63) is 64.6 Å². The van der Waals surface area contributed by atoms with Crippen molar-refractivity contribution < 1.29 is 23.9 Å². The number of thioether (sulfide) groups is 1. The second kappa shape index (κ2) is 14.5. The lowest BCUT2D eigenvalue weighted by Gasteiger charge is -2.14. The van der Waals surface area contributed by atoms with Gasteiger partial charge in [-0.05, 0) is 67.3 Å². The Morgan fingerprint density at radius 1 is 1.03 bits per heavy atom. The molecule has 2 aromatic carbocycles. The van der Waals surface area contributed by atoms with Gasteiger partial charge in [0.1, 0.15) is 10.1 Å². The topological polar surface area (TPSA) is 84.9 Å². The molecule has 0 unspecified atom stereocenters. The van der Waals surface area contributed by atoms with Gasteiger partial charge in [-0.2, -0.15) is 0 Å². The number of hydrogen-bond acceptors (Lipinski definition) is 7. The largest absolute Gasteiger partial charge is 0.497 e. The first-order valence-corrected chi connectivity index (χ1v) is 13.6. The predicted molar refractivity (Wildman–Crippen MR) is 152 cm³/mol. The van der Waals surface area contributed by atoms with Gasteiger partial charge in [-0.25, -0.2) is 4.79 Å². The summed E-state index contributed by atoms with van der Waals surface area (Å²) in [5, 5.41) is 2.85. The van der Waals surface area contributed by atoms with Crippen molar-refractivity contribution in [1.82, 2.24) is 4.90 Å². The summed E-state index contributed by atoms with van der Waals surface area (Å²) < 4.78 is 10.9. The quantitative estimate of drug-likeness (QED) is 0.143. The molecule has 0 bridgehead atoms. The van der Waals surface area contributed by atoms with Gasteiger partial charge in [0.15, 0.2) is 0 Å². The minimum absolute atomic E-state index is 0.0822. The van der Waals surface area contributed by atoms with Gasteiger partial charge >= 0.3 is 5.97 Å². The van der Waals surface area contributed by atoms with Crippen molar-refractivity contribution in [3.8, 4) is 5.75 Å². The Labute approximate surface area is 227 Å². The maximum atomic E-state index is 12.8. The van der Waals surface area contributed by atoms with Gasteiger partial charge < -0.3 is 14.8 Å². The van der Waals surface area contributed by atoms with Crippen molar-refractivity contribution in [2.45, 2.75) is 45.4 Å². The molecule has 9 heteroatoms. The monoisotopic (exact) mass is 540 g/mol. The molecule has 0 aromatic heterocycles. The molecule has 1 N–H and O–H groups in total. The number of hydrogen-bond donors (Lipinski definition) is 1. The number of anilines is 1. The molecule has 37 heavy (non-hydrogen) atoms. The Morgan fingerprint density at radius 3 is 2.43 bits per heavy atom. The van der Waals surface area contributed by atoms with Gasteiger partial charge in [0.05, 0.1) is 24.2 Å². The molecule has 2 aromatic rings. The maximum Gasteiger partial charge on any atom is 0.338 e. The fraction of sp³-hybridized carbons (Fsp3) is 0.357. The third kappa shape index (κ3) is 8.72. The van der Waals surface area contributed by atoms with Gasteiger partial charge in [0, 0.05) is 18.7 Å². The van der Waals surface area contributed by atoms with Crippen molar-refractivity contribution >= 4 is 57.8 Å². The number of nitrogens with one attached hydrogen (secondary N) is 1. The standard InChI is InChI=1S/C28H32N2O5S2/c1-3-4-18-35-27(33)21-11-13-22(14-12-21)29-25(31)8-6-5-7-17-30-26(32)24(37-28(30)36)19-20-9-15-23(34-2)16-10-20/h9-16,19H,3-8,17-18H2,1-2H3,(H,29,31). The average molecular weight is 541 g/mol. The number of amides is 2. The van der Waals surface area contributed by atoms with E-state index in [0.717, 1.165) is 37.0 Å². The number of methoxy groups -OCH3 is 1. The lowest BCUT2D eigenvalue weighted by atomic mass is 10.1. The number of thiocarbonyl (C=S) groups is 1. The molecule has 3 rings (SSSR count). The van der Waals surface area contributed by atoms with Crippen LogP contribution in [0.1, 0.15) is 61.4 Å². The van der Waals surface area contributed by atoms with E-state index in [1.54, 1.807) is 36.3 Å². The van der Waals surface area contributed by atoms with E-state index in [0.29, 0.717) is 46.5 Å². The Balaban J connectivity index is 1.36. The molecule has 1 aliphatic heterocycles. The highest BCUT2D eigenvalue weighted by molar-refractivity contribution is 8.26. The number of ether oxygens (including phenoxy) is 2. The summed E-state index contributed by atoms with van der Waals surface area (Å²) in [4.78, 5) is 39.3. The minimum atomic E-state index is -0.357. The van der Waals surface area contributed by atoms with Gasteiger partial charge in [0.2, 0.25) is 5.91 Å². The van der Waals surface area contributed by atoms with Crippen LogP contribution in [-0.2, 0) is 14.3 Å². The number of unbranched alkanes of at least 4 members (excludes halogenated alkanes) is 3. The van der Waals surface area contributed by atoms with Gasteiger partial charge in [0.25, 0.3) is 5.91 Å². The van der Waals surface area contributed by atoms with Crippen LogP contribution < -0.4 is 10.1 Å². The van der Waals surface area contributed by atoms with E-state index in [-0.39, 0.29) is 17.8 Å². The second-order valence-electron chi connectivity index (χ2n) is 8.53. The van der Waals surface area contributed by atoms with E-state index in [9.17, 15) is 14.4 Å². The fourth-order valence-electron chi connectivity index (χ4n) is 3.58. The summed E-state index contributed by atoms with van der Waals surface area (Å²) in [5.74, 6) is 0.229. The first kappa shape index (κ1) is 28.4. The third-order valence-electron chi connectivity index (χ3n) is 5.71. The van der Waals surface area contributed by atoms with Gasteiger partial charge in [-0.1, -0.05) is 55.9 Å². The lowest BCUT2D eigenvalue weighted by molar-refractivity contribution is -0.122. The number of carbonyl (C=O) groups excluding carboxylic acids is 3. The van der Waals surface area contributed by atoms with E-state index >= 15 is 0 Å². The van der Waals surface area contributed by atoms with Crippen LogP contribution in [0.4, 0.5) is 5.69 Å². The second-order valence-corrected chi connectivity index (χ2v) is 10.2. The molecular formula is C28H32N2O5S2. The summed E-state index contributed by atoms with van der Waals surface area (Å²) >= 11 is 6.72. The summed E-state index contributed by atoms with van der Waals surface area (Å²) in [7, 11) is 1.61. The zero-order chi connectivity index (χ0) is 26.6. The van der Waals surface area contributed by atoms with Crippen LogP contribution in [0.2, 0.25) is 0 Å². The zero-order valence-corrected chi connectivity index (χ0v) is 22.8. The fourth-order valence-corrected chi connectivity index (χ4v) is 4.89. The average Bonchev–Trinajstić information content (AvgIpc) is 3.16. The van der Waals surface area contributed by atoms with E-state index in [1.165, 1.54) is 11.8 Å². The number of rotatable bonds is 13. The molecule has 0 spiro atoms. The Hall–Kier alpha value is -3.17. The minimum Gasteiger partial charge on any atom is -0.497 e. The van der Waals surface area contributed by atoms with E-state index in [4.69, 9.17) is 21.7 Å². The molecule has 1 saturated heterocycles. The van der Waals surface area contributed by atoms with Crippen molar-refractivity contribution in [1.29, 1.82) is 0 Å². The Bertz CT molecular complexity index is 1130. The molecule has 0 saturated carbocycles. The molecule has 0 radical (unpaired) electrons. The number of nitrogens with zero attached hydrogens (tertiary/aromatic N) is 1. The van der Waals surface area contributed by atoms with E-state index in [2.05, 4.69) is 5.32 Å². The predicted octanol–water partition coefficient (Wildman–Crippen LogP) is 6.05. The first-order valence-electron chi connectivity index (χ1n) is 12.4. The Kier molecular flexibility index (Phi) is 11.2. The van der Waals surface area contributed by atoms with Crippen molar-refractivity contribution in [2.75, 3.05) is 25.6 Å². The highest BCUT2D eigenvalue weighted by Crippen LogP contribution is 2.33.